The van der Waals surface area contributed by atoms with Gasteiger partial charge in [0.2, 0.25) is 5.95 Å². The highest BCUT2D eigenvalue weighted by Gasteiger charge is 2.37. The highest BCUT2D eigenvalue weighted by molar-refractivity contribution is 6.07. The Labute approximate surface area is 267 Å². The fourth-order valence-corrected chi connectivity index (χ4v) is 5.59. The Bertz CT molecular complexity index is 1580. The van der Waals surface area contributed by atoms with Crippen LogP contribution in [0.1, 0.15) is 36.7 Å². The van der Waals surface area contributed by atoms with E-state index in [2.05, 4.69) is 15.3 Å². The van der Waals surface area contributed by atoms with Crippen molar-refractivity contribution in [3.05, 3.63) is 65.2 Å². The number of benzene rings is 2. The van der Waals surface area contributed by atoms with Gasteiger partial charge < -0.3 is 29.9 Å². The zero-order valence-corrected chi connectivity index (χ0v) is 26.0. The molecule has 0 radical (unpaired) electrons. The van der Waals surface area contributed by atoms with Crippen LogP contribution in [-0.2, 0) is 15.7 Å². The van der Waals surface area contributed by atoms with Crippen LogP contribution in [0, 0.1) is 17.5 Å². The number of alkyl halides is 3. The van der Waals surface area contributed by atoms with Gasteiger partial charge in [-0.3, -0.25) is 9.59 Å². The molecule has 2 fully saturated rings. The number of hydrogen-bond donors (Lipinski definition) is 2. The lowest BCUT2D eigenvalue weighted by Gasteiger charge is -2.39. The number of amides is 1. The third-order valence-corrected chi connectivity index (χ3v) is 7.90. The van der Waals surface area contributed by atoms with Crippen molar-refractivity contribution in [2.24, 2.45) is 0 Å². The van der Waals surface area contributed by atoms with Gasteiger partial charge in [0.1, 0.15) is 17.3 Å². The lowest BCUT2D eigenvalue weighted by Crippen LogP contribution is -2.50. The van der Waals surface area contributed by atoms with Crippen LogP contribution in [-0.4, -0.2) is 90.4 Å². The quantitative estimate of drug-likeness (QED) is 0.277. The molecular formula is C31H34F6N6O4. The van der Waals surface area contributed by atoms with Crippen molar-refractivity contribution in [1.29, 1.82) is 0 Å². The fourth-order valence-electron chi connectivity index (χ4n) is 5.59. The van der Waals surface area contributed by atoms with Gasteiger partial charge in [0.15, 0.2) is 5.82 Å². The third-order valence-electron chi connectivity index (χ3n) is 7.90. The molecule has 47 heavy (non-hydrogen) atoms. The lowest BCUT2D eigenvalue weighted by atomic mass is 10.0. The molecule has 3 atom stereocenters. The number of likely N-dealkylation sites (N-methyl/N-ethyl adjacent to an activating group) is 1. The van der Waals surface area contributed by atoms with E-state index < -0.39 is 51.9 Å². The Morgan fingerprint density at radius 3 is 2.19 bits per heavy atom. The standard InChI is InChI=1S/C30H32F6N6O2.CH2O2/c1-16-13-41(8-7-40(16)4)24-10-23(32)25(19-11-37-29(38-12-19)42-14-17(2)44-18(3)15-42)26(33)27(24)39-28(43)21-6-5-20(31)9-22(21)30(34,35)36;2-1-3/h5-6,9-12,16-18H,7-8,13-15H2,1-4H3,(H,39,43);1H,(H,2,3)/t16?,17-,18-;/m0./s1. The van der Waals surface area contributed by atoms with Crippen LogP contribution < -0.4 is 15.1 Å². The summed E-state index contributed by atoms with van der Waals surface area (Å²) in [5.74, 6) is -4.37. The number of ether oxygens (including phenoxy) is 1. The van der Waals surface area contributed by atoms with Gasteiger partial charge in [0.05, 0.1) is 34.6 Å². The zero-order chi connectivity index (χ0) is 34.6. The van der Waals surface area contributed by atoms with Crippen molar-refractivity contribution in [3.8, 4) is 11.1 Å². The largest absolute Gasteiger partial charge is 0.483 e. The summed E-state index contributed by atoms with van der Waals surface area (Å²) >= 11 is 0. The second-order valence-corrected chi connectivity index (χ2v) is 11.4. The Hall–Kier alpha value is -4.44. The Balaban J connectivity index is 0.00000160. The maximum Gasteiger partial charge on any atom is 0.417 e. The summed E-state index contributed by atoms with van der Waals surface area (Å²) < 4.78 is 92.6. The highest BCUT2D eigenvalue weighted by Crippen LogP contribution is 2.40. The average molecular weight is 669 g/mol. The maximum atomic E-state index is 16.4. The predicted molar refractivity (Wildman–Crippen MR) is 162 cm³/mol. The molecule has 3 aromatic rings. The summed E-state index contributed by atoms with van der Waals surface area (Å²) in [5.41, 5.74) is -3.59. The number of aromatic nitrogens is 2. The molecule has 1 aromatic heterocycles. The summed E-state index contributed by atoms with van der Waals surface area (Å²) in [4.78, 5) is 35.8. The molecule has 1 amide bonds. The van der Waals surface area contributed by atoms with Gasteiger partial charge in [-0.05, 0) is 46.0 Å². The molecule has 0 spiro atoms. The van der Waals surface area contributed by atoms with Crippen molar-refractivity contribution in [1.82, 2.24) is 14.9 Å². The molecule has 16 heteroatoms. The SMILES string of the molecule is CC1CN(c2cc(F)c(-c3cnc(N4C[C@H](C)O[C@@H](C)C4)nc3)c(F)c2NC(=O)c2ccc(F)cc2C(F)(F)F)CCN1C.O=CO. The molecule has 2 aromatic carbocycles. The first kappa shape index (κ1) is 35.4. The Morgan fingerprint density at radius 1 is 1.00 bits per heavy atom. The number of carbonyl (C=O) groups excluding carboxylic acids is 1. The van der Waals surface area contributed by atoms with Gasteiger partial charge in [0, 0.05) is 62.8 Å². The van der Waals surface area contributed by atoms with E-state index >= 15 is 8.78 Å². The van der Waals surface area contributed by atoms with Crippen LogP contribution in [0.2, 0.25) is 0 Å². The minimum absolute atomic E-state index is 0.0291. The van der Waals surface area contributed by atoms with Crippen molar-refractivity contribution < 1.29 is 45.8 Å². The lowest BCUT2D eigenvalue weighted by molar-refractivity contribution is -0.138. The number of carbonyl (C=O) groups is 2. The summed E-state index contributed by atoms with van der Waals surface area (Å²) in [7, 11) is 1.89. The molecule has 10 nitrogen and oxygen atoms in total. The predicted octanol–water partition coefficient (Wildman–Crippen LogP) is 5.29. The smallest absolute Gasteiger partial charge is 0.417 e. The monoisotopic (exact) mass is 668 g/mol. The number of hydrogen-bond acceptors (Lipinski definition) is 8. The summed E-state index contributed by atoms with van der Waals surface area (Å²) in [6.45, 7) is 7.71. The number of anilines is 3. The number of halogens is 6. The second kappa shape index (κ2) is 14.5. The number of morpholine rings is 1. The summed E-state index contributed by atoms with van der Waals surface area (Å²) in [5, 5.41) is 9.13. The number of nitrogens with zero attached hydrogens (tertiary/aromatic N) is 5. The van der Waals surface area contributed by atoms with Crippen LogP contribution >= 0.6 is 0 Å². The first-order valence-corrected chi connectivity index (χ1v) is 14.6. The molecule has 2 saturated heterocycles. The van der Waals surface area contributed by atoms with Crippen LogP contribution in [0.4, 0.5) is 43.7 Å². The van der Waals surface area contributed by atoms with Crippen molar-refractivity contribution >= 4 is 29.7 Å². The van der Waals surface area contributed by atoms with E-state index in [1.54, 1.807) is 4.90 Å². The van der Waals surface area contributed by atoms with E-state index in [0.29, 0.717) is 50.8 Å². The van der Waals surface area contributed by atoms with E-state index in [4.69, 9.17) is 14.6 Å². The maximum absolute atomic E-state index is 16.4. The number of rotatable bonds is 5. The van der Waals surface area contributed by atoms with Crippen LogP contribution in [0.25, 0.3) is 11.1 Å². The summed E-state index contributed by atoms with van der Waals surface area (Å²) in [6.07, 6.45) is -2.72. The normalized spacial score (nSPS) is 20.3. The summed E-state index contributed by atoms with van der Waals surface area (Å²) in [6, 6.07) is 2.58. The van der Waals surface area contributed by atoms with Gasteiger partial charge in [-0.25, -0.2) is 23.1 Å². The minimum Gasteiger partial charge on any atom is -0.483 e. The second-order valence-electron chi connectivity index (χ2n) is 11.4. The van der Waals surface area contributed by atoms with E-state index in [-0.39, 0.29) is 42.0 Å². The van der Waals surface area contributed by atoms with Crippen LogP contribution in [0.15, 0.2) is 36.7 Å². The van der Waals surface area contributed by atoms with Gasteiger partial charge in [0.25, 0.3) is 12.4 Å². The van der Waals surface area contributed by atoms with Gasteiger partial charge >= 0.3 is 6.18 Å². The molecule has 0 saturated carbocycles. The first-order valence-electron chi connectivity index (χ1n) is 14.6. The van der Waals surface area contributed by atoms with Gasteiger partial charge in [-0.1, -0.05) is 0 Å². The highest BCUT2D eigenvalue weighted by atomic mass is 19.4. The van der Waals surface area contributed by atoms with Gasteiger partial charge in [-0.2, -0.15) is 13.2 Å². The molecular weight excluding hydrogens is 634 g/mol. The van der Waals surface area contributed by atoms with Crippen molar-refractivity contribution in [2.45, 2.75) is 45.2 Å². The van der Waals surface area contributed by atoms with E-state index in [0.717, 1.165) is 6.07 Å². The molecule has 5 rings (SSSR count). The van der Waals surface area contributed by atoms with Gasteiger partial charge in [-0.15, -0.1) is 0 Å². The Kier molecular flexibility index (Phi) is 11.0. The molecule has 2 aliphatic rings. The van der Waals surface area contributed by atoms with Crippen molar-refractivity contribution in [3.63, 3.8) is 0 Å². The number of piperazine rings is 1. The third kappa shape index (κ3) is 8.11. The average Bonchev–Trinajstić information content (AvgIpc) is 2.99. The molecule has 3 heterocycles. The Morgan fingerprint density at radius 2 is 1.62 bits per heavy atom. The molecule has 0 aliphatic carbocycles. The fraction of sp³-hybridized carbons (Fsp3) is 0.419. The van der Waals surface area contributed by atoms with Crippen LogP contribution in [0.5, 0.6) is 0 Å². The molecule has 1 unspecified atom stereocenters. The van der Waals surface area contributed by atoms with Crippen LogP contribution in [0.3, 0.4) is 0 Å². The molecule has 0 bridgehead atoms. The molecule has 2 N–H and O–H groups in total. The molecule has 2 aliphatic heterocycles. The first-order chi connectivity index (χ1) is 22.1. The topological polar surface area (TPSA) is 111 Å². The van der Waals surface area contributed by atoms with E-state index in [1.807, 2.05) is 37.6 Å². The minimum atomic E-state index is -5.06. The van der Waals surface area contributed by atoms with Crippen molar-refractivity contribution in [2.75, 3.05) is 54.9 Å². The number of nitrogens with one attached hydrogen (secondary N) is 1. The molecule has 254 valence electrons. The van der Waals surface area contributed by atoms with E-state index in [9.17, 15) is 22.4 Å². The van der Waals surface area contributed by atoms with E-state index in [1.165, 1.54) is 12.4 Å². The number of carboxylic acid groups (broad SMARTS) is 1. The zero-order valence-electron chi connectivity index (χ0n) is 26.0.